The Bertz CT molecular complexity index is 249. The molecule has 0 aliphatic carbocycles. The van der Waals surface area contributed by atoms with Crippen LogP contribution in [0.5, 0.6) is 5.75 Å². The average molecular weight is 178 g/mol. The lowest BCUT2D eigenvalue weighted by Crippen LogP contribution is -2.25. The molecule has 0 spiro atoms. The first-order valence-corrected chi connectivity index (χ1v) is 6.86. The fraction of sp³-hybridized carbons (Fsp3) is 0.400. The molecule has 0 aromatic heterocycles. The molecule has 1 nitrogen and oxygen atoms in total. The molecule has 1 saturated heterocycles. The number of rotatable bonds is 1. The van der Waals surface area contributed by atoms with Gasteiger partial charge in [0.1, 0.15) is 5.75 Å². The molecule has 0 unspecified atom stereocenters. The zero-order chi connectivity index (χ0) is 8.39. The second kappa shape index (κ2) is 3.31. The van der Waals surface area contributed by atoms with Gasteiger partial charge in [-0.25, -0.2) is 0 Å². The van der Waals surface area contributed by atoms with Gasteiger partial charge in [0.15, 0.2) is 0 Å². The molecule has 0 radical (unpaired) electrons. The van der Waals surface area contributed by atoms with Gasteiger partial charge in [0.25, 0.3) is 0 Å². The number of hydrogen-bond donors (Lipinski definition) is 1. The average Bonchev–Trinajstić information content (AvgIpc) is 2.58. The lowest BCUT2D eigenvalue weighted by Gasteiger charge is -2.06. The molecule has 0 amide bonds. The third-order valence-corrected chi connectivity index (χ3v) is 6.26. The third-order valence-electron chi connectivity index (χ3n) is 2.72. The Hall–Kier alpha value is -0.763. The third kappa shape index (κ3) is 1.53. The van der Waals surface area contributed by atoms with Crippen molar-refractivity contribution in [2.45, 2.75) is 24.9 Å². The standard InChI is InChI=1S/C10H14OSi/c11-9-3-5-10(6-4-9)12-7-1-2-8-12/h3-6,11-12H,1-2,7-8H2. The Morgan fingerprint density at radius 3 is 2.17 bits per heavy atom. The Labute approximate surface area is 74.7 Å². The molecule has 1 aliphatic rings. The van der Waals surface area contributed by atoms with Gasteiger partial charge in [-0.05, 0) is 12.1 Å². The molecule has 12 heavy (non-hydrogen) atoms. The first-order valence-electron chi connectivity index (χ1n) is 4.65. The molecule has 0 bridgehead atoms. The van der Waals surface area contributed by atoms with E-state index in [4.69, 9.17) is 5.11 Å². The maximum absolute atomic E-state index is 9.11. The van der Waals surface area contributed by atoms with Crippen molar-refractivity contribution in [3.05, 3.63) is 24.3 Å². The Balaban J connectivity index is 2.17. The van der Waals surface area contributed by atoms with Gasteiger partial charge >= 0.3 is 0 Å². The van der Waals surface area contributed by atoms with Crippen molar-refractivity contribution in [1.82, 2.24) is 0 Å². The summed E-state index contributed by atoms with van der Waals surface area (Å²) in [7, 11) is -0.571. The molecule has 1 aromatic carbocycles. The van der Waals surface area contributed by atoms with E-state index in [0.29, 0.717) is 5.75 Å². The quantitative estimate of drug-likeness (QED) is 0.648. The van der Waals surface area contributed by atoms with E-state index in [-0.39, 0.29) is 0 Å². The van der Waals surface area contributed by atoms with Gasteiger partial charge in [0, 0.05) is 0 Å². The van der Waals surface area contributed by atoms with Crippen LogP contribution in [-0.4, -0.2) is 13.9 Å². The molecule has 0 atom stereocenters. The second-order valence-electron chi connectivity index (χ2n) is 3.57. The normalized spacial score (nSPS) is 18.3. The molecule has 1 N–H and O–H groups in total. The maximum Gasteiger partial charge on any atom is 0.115 e. The van der Waals surface area contributed by atoms with Crippen LogP contribution in [0.25, 0.3) is 0 Å². The Morgan fingerprint density at radius 2 is 1.58 bits per heavy atom. The van der Waals surface area contributed by atoms with Crippen LogP contribution in [0.4, 0.5) is 0 Å². The largest absolute Gasteiger partial charge is 0.508 e. The lowest BCUT2D eigenvalue weighted by molar-refractivity contribution is 0.475. The Morgan fingerprint density at radius 1 is 1.00 bits per heavy atom. The zero-order valence-corrected chi connectivity index (χ0v) is 8.32. The predicted molar refractivity (Wildman–Crippen MR) is 53.7 cm³/mol. The fourth-order valence-electron chi connectivity index (χ4n) is 2.01. The number of hydrogen-bond acceptors (Lipinski definition) is 1. The molecular weight excluding hydrogens is 164 g/mol. The minimum absolute atomic E-state index is 0.394. The van der Waals surface area contributed by atoms with E-state index in [9.17, 15) is 0 Å². The van der Waals surface area contributed by atoms with E-state index in [1.165, 1.54) is 30.1 Å². The smallest absolute Gasteiger partial charge is 0.115 e. The molecule has 1 fully saturated rings. The lowest BCUT2D eigenvalue weighted by atomic mass is 10.3. The first-order chi connectivity index (χ1) is 5.86. The highest BCUT2D eigenvalue weighted by atomic mass is 28.3. The van der Waals surface area contributed by atoms with Crippen molar-refractivity contribution in [2.75, 3.05) is 0 Å². The maximum atomic E-state index is 9.11. The van der Waals surface area contributed by atoms with Crippen molar-refractivity contribution in [3.8, 4) is 5.75 Å². The van der Waals surface area contributed by atoms with Gasteiger partial charge in [0.05, 0.1) is 8.80 Å². The van der Waals surface area contributed by atoms with E-state index >= 15 is 0 Å². The number of benzene rings is 1. The summed E-state index contributed by atoms with van der Waals surface area (Å²) in [6, 6.07) is 10.8. The predicted octanol–water partition coefficient (Wildman–Crippen LogP) is 1.62. The molecule has 1 aliphatic heterocycles. The van der Waals surface area contributed by atoms with Crippen LogP contribution in [-0.2, 0) is 0 Å². The van der Waals surface area contributed by atoms with Gasteiger partial charge in [-0.2, -0.15) is 0 Å². The zero-order valence-electron chi connectivity index (χ0n) is 7.16. The van der Waals surface area contributed by atoms with Crippen LogP contribution in [0.2, 0.25) is 12.1 Å². The fourth-order valence-corrected chi connectivity index (χ4v) is 5.26. The van der Waals surface area contributed by atoms with Gasteiger partial charge in [-0.1, -0.05) is 42.2 Å². The van der Waals surface area contributed by atoms with E-state index in [1.54, 1.807) is 0 Å². The molecule has 64 valence electrons. The van der Waals surface area contributed by atoms with Crippen LogP contribution < -0.4 is 5.19 Å². The van der Waals surface area contributed by atoms with Gasteiger partial charge < -0.3 is 5.11 Å². The molecule has 0 saturated carbocycles. The van der Waals surface area contributed by atoms with Crippen molar-refractivity contribution in [1.29, 1.82) is 0 Å². The minimum atomic E-state index is -0.571. The summed E-state index contributed by atoms with van der Waals surface area (Å²) in [5.41, 5.74) is 0. The van der Waals surface area contributed by atoms with Gasteiger partial charge in [0.2, 0.25) is 0 Å². The highest BCUT2D eigenvalue weighted by molar-refractivity contribution is 6.73. The summed E-state index contributed by atoms with van der Waals surface area (Å²) in [6.07, 6.45) is 2.86. The van der Waals surface area contributed by atoms with Crippen LogP contribution in [0.1, 0.15) is 12.8 Å². The first kappa shape index (κ1) is 7.86. The van der Waals surface area contributed by atoms with Gasteiger partial charge in [-0.15, -0.1) is 0 Å². The minimum Gasteiger partial charge on any atom is -0.508 e. The van der Waals surface area contributed by atoms with Crippen molar-refractivity contribution >= 4 is 14.0 Å². The highest BCUT2D eigenvalue weighted by Crippen LogP contribution is 2.19. The number of phenols is 1. The van der Waals surface area contributed by atoms with Crippen LogP contribution in [0.15, 0.2) is 24.3 Å². The molecule has 2 rings (SSSR count). The van der Waals surface area contributed by atoms with E-state index in [2.05, 4.69) is 12.1 Å². The van der Waals surface area contributed by atoms with Crippen LogP contribution >= 0.6 is 0 Å². The SMILES string of the molecule is Oc1ccc([SiH]2CCCC2)cc1. The summed E-state index contributed by atoms with van der Waals surface area (Å²) in [5, 5.41) is 10.6. The molecule has 2 heteroatoms. The van der Waals surface area contributed by atoms with Crippen molar-refractivity contribution < 1.29 is 5.11 Å². The molecule has 1 heterocycles. The summed E-state index contributed by atoms with van der Waals surface area (Å²) in [6.45, 7) is 0. The summed E-state index contributed by atoms with van der Waals surface area (Å²) < 4.78 is 0. The van der Waals surface area contributed by atoms with Crippen molar-refractivity contribution in [2.24, 2.45) is 0 Å². The number of aromatic hydroxyl groups is 1. The summed E-state index contributed by atoms with van der Waals surface area (Å²) in [5.74, 6) is 0.394. The Kier molecular flexibility index (Phi) is 2.17. The van der Waals surface area contributed by atoms with Crippen LogP contribution in [0, 0.1) is 0 Å². The molecular formula is C10H14OSi. The summed E-state index contributed by atoms with van der Waals surface area (Å²) in [4.78, 5) is 0. The monoisotopic (exact) mass is 178 g/mol. The van der Waals surface area contributed by atoms with Crippen molar-refractivity contribution in [3.63, 3.8) is 0 Å². The van der Waals surface area contributed by atoms with Gasteiger partial charge in [-0.3, -0.25) is 0 Å². The highest BCUT2D eigenvalue weighted by Gasteiger charge is 2.18. The van der Waals surface area contributed by atoms with E-state index < -0.39 is 8.80 Å². The topological polar surface area (TPSA) is 20.2 Å². The van der Waals surface area contributed by atoms with Crippen LogP contribution in [0.3, 0.4) is 0 Å². The summed E-state index contributed by atoms with van der Waals surface area (Å²) >= 11 is 0. The van der Waals surface area contributed by atoms with E-state index in [0.717, 1.165) is 0 Å². The molecule has 1 aromatic rings. The number of phenolic OH excluding ortho intramolecular Hbond substituents is 1. The second-order valence-corrected chi connectivity index (χ2v) is 6.79. The van der Waals surface area contributed by atoms with E-state index in [1.807, 2.05) is 12.1 Å².